The Hall–Kier alpha value is -1.71. The van der Waals surface area contributed by atoms with Crippen molar-refractivity contribution in [1.29, 1.82) is 0 Å². The van der Waals surface area contributed by atoms with Crippen LogP contribution in [-0.2, 0) is 0 Å². The number of para-hydroxylation sites is 1. The molecule has 3 rings (SSSR count). The summed E-state index contributed by atoms with van der Waals surface area (Å²) in [5.74, 6) is 0.376. The van der Waals surface area contributed by atoms with Crippen molar-refractivity contribution in [2.45, 2.75) is 0 Å². The van der Waals surface area contributed by atoms with E-state index in [1.165, 1.54) is 0 Å². The molecule has 0 bridgehead atoms. The van der Waals surface area contributed by atoms with Crippen LogP contribution in [0.1, 0.15) is 0 Å². The second-order valence-corrected chi connectivity index (χ2v) is 4.73. The molecule has 0 saturated carbocycles. The van der Waals surface area contributed by atoms with Gasteiger partial charge in [-0.25, -0.2) is 4.98 Å². The number of nitrogen functional groups attached to an aromatic ring is 1. The standard InChI is InChI=1S/C13H9Cl2N3/c14-8-4-2-5-9(15)11(8)7-3-1-6-10-12(7)18-13(16)17-10/h1-6H,(H3,16,17,18). The number of rotatable bonds is 1. The highest BCUT2D eigenvalue weighted by Gasteiger charge is 2.13. The Labute approximate surface area is 114 Å². The smallest absolute Gasteiger partial charge is 0.198 e. The summed E-state index contributed by atoms with van der Waals surface area (Å²) in [6.07, 6.45) is 0. The number of anilines is 1. The number of hydrogen-bond acceptors (Lipinski definition) is 2. The van der Waals surface area contributed by atoms with Crippen LogP contribution in [0, 0.1) is 0 Å². The summed E-state index contributed by atoms with van der Waals surface area (Å²) in [4.78, 5) is 7.26. The quantitative estimate of drug-likeness (QED) is 0.703. The normalized spacial score (nSPS) is 11.0. The van der Waals surface area contributed by atoms with Crippen LogP contribution in [0.15, 0.2) is 36.4 Å². The summed E-state index contributed by atoms with van der Waals surface area (Å²) in [5.41, 5.74) is 8.96. The van der Waals surface area contributed by atoms with E-state index in [0.29, 0.717) is 16.0 Å². The van der Waals surface area contributed by atoms with Crippen molar-refractivity contribution in [2.24, 2.45) is 0 Å². The Morgan fingerprint density at radius 1 is 1.00 bits per heavy atom. The van der Waals surface area contributed by atoms with Crippen LogP contribution >= 0.6 is 23.2 Å². The van der Waals surface area contributed by atoms with Crippen molar-refractivity contribution in [2.75, 3.05) is 5.73 Å². The van der Waals surface area contributed by atoms with Gasteiger partial charge in [-0.15, -0.1) is 0 Å². The molecule has 0 fully saturated rings. The number of benzene rings is 2. The summed E-state index contributed by atoms with van der Waals surface area (Å²) >= 11 is 12.4. The maximum atomic E-state index is 6.22. The maximum Gasteiger partial charge on any atom is 0.198 e. The van der Waals surface area contributed by atoms with E-state index in [4.69, 9.17) is 28.9 Å². The monoisotopic (exact) mass is 277 g/mol. The lowest BCUT2D eigenvalue weighted by atomic mass is 10.0. The first-order valence-electron chi connectivity index (χ1n) is 5.35. The molecular formula is C13H9Cl2N3. The summed E-state index contributed by atoms with van der Waals surface area (Å²) in [7, 11) is 0. The topological polar surface area (TPSA) is 54.7 Å². The highest BCUT2D eigenvalue weighted by Crippen LogP contribution is 2.37. The molecule has 0 atom stereocenters. The molecule has 3 nitrogen and oxygen atoms in total. The van der Waals surface area contributed by atoms with Crippen LogP contribution in [0.5, 0.6) is 0 Å². The molecule has 0 unspecified atom stereocenters. The van der Waals surface area contributed by atoms with E-state index in [0.717, 1.165) is 22.2 Å². The molecule has 0 aliphatic heterocycles. The zero-order valence-electron chi connectivity index (χ0n) is 9.24. The summed E-state index contributed by atoms with van der Waals surface area (Å²) in [6.45, 7) is 0. The molecule has 0 saturated heterocycles. The molecule has 1 aromatic heterocycles. The predicted molar refractivity (Wildman–Crippen MR) is 76.0 cm³/mol. The van der Waals surface area contributed by atoms with Gasteiger partial charge in [0.05, 0.1) is 11.0 Å². The zero-order chi connectivity index (χ0) is 12.7. The van der Waals surface area contributed by atoms with Gasteiger partial charge in [-0.3, -0.25) is 0 Å². The minimum absolute atomic E-state index is 0.376. The van der Waals surface area contributed by atoms with Crippen molar-refractivity contribution >= 4 is 40.2 Å². The third-order valence-electron chi connectivity index (χ3n) is 2.76. The van der Waals surface area contributed by atoms with Crippen molar-refractivity contribution in [1.82, 2.24) is 9.97 Å². The molecule has 0 spiro atoms. The summed E-state index contributed by atoms with van der Waals surface area (Å²) in [5, 5.41) is 1.19. The molecule has 0 aliphatic carbocycles. The molecule has 5 heteroatoms. The lowest BCUT2D eigenvalue weighted by Crippen LogP contribution is -1.85. The van der Waals surface area contributed by atoms with Gasteiger partial charge in [0.15, 0.2) is 5.95 Å². The molecule has 0 aliphatic rings. The van der Waals surface area contributed by atoms with E-state index in [1.54, 1.807) is 12.1 Å². The Bertz CT molecular complexity index is 714. The van der Waals surface area contributed by atoms with Gasteiger partial charge < -0.3 is 10.7 Å². The number of fused-ring (bicyclic) bond motifs is 1. The van der Waals surface area contributed by atoms with Crippen molar-refractivity contribution in [3.63, 3.8) is 0 Å². The highest BCUT2D eigenvalue weighted by molar-refractivity contribution is 6.39. The Morgan fingerprint density at radius 3 is 2.39 bits per heavy atom. The third kappa shape index (κ3) is 1.72. The Morgan fingerprint density at radius 2 is 1.67 bits per heavy atom. The molecular weight excluding hydrogens is 269 g/mol. The highest BCUT2D eigenvalue weighted by atomic mass is 35.5. The number of nitrogens with zero attached hydrogens (tertiary/aromatic N) is 1. The fourth-order valence-electron chi connectivity index (χ4n) is 2.01. The van der Waals surface area contributed by atoms with Crippen molar-refractivity contribution in [3.05, 3.63) is 46.4 Å². The number of imidazole rings is 1. The fraction of sp³-hybridized carbons (Fsp3) is 0. The van der Waals surface area contributed by atoms with Crippen LogP contribution in [0.3, 0.4) is 0 Å². The second-order valence-electron chi connectivity index (χ2n) is 3.92. The largest absolute Gasteiger partial charge is 0.369 e. The average Bonchev–Trinajstić information content (AvgIpc) is 2.70. The van der Waals surface area contributed by atoms with Crippen molar-refractivity contribution in [3.8, 4) is 11.1 Å². The van der Waals surface area contributed by atoms with Gasteiger partial charge in [-0.1, -0.05) is 41.4 Å². The first-order chi connectivity index (χ1) is 8.66. The molecule has 0 radical (unpaired) electrons. The lowest BCUT2D eigenvalue weighted by molar-refractivity contribution is 1.35. The zero-order valence-corrected chi connectivity index (χ0v) is 10.8. The molecule has 3 N–H and O–H groups in total. The number of aromatic amines is 1. The van der Waals surface area contributed by atoms with E-state index in [9.17, 15) is 0 Å². The molecule has 3 aromatic rings. The van der Waals surface area contributed by atoms with Crippen LogP contribution in [0.2, 0.25) is 10.0 Å². The molecule has 18 heavy (non-hydrogen) atoms. The van der Waals surface area contributed by atoms with Crippen LogP contribution in [0.25, 0.3) is 22.2 Å². The van der Waals surface area contributed by atoms with E-state index in [2.05, 4.69) is 9.97 Å². The van der Waals surface area contributed by atoms with Gasteiger partial charge in [-0.05, 0) is 18.2 Å². The average molecular weight is 278 g/mol. The van der Waals surface area contributed by atoms with Crippen LogP contribution in [-0.4, -0.2) is 9.97 Å². The molecule has 90 valence electrons. The fourth-order valence-corrected chi connectivity index (χ4v) is 2.61. The summed E-state index contributed by atoms with van der Waals surface area (Å²) < 4.78 is 0. The summed E-state index contributed by atoms with van der Waals surface area (Å²) in [6, 6.07) is 11.2. The molecule has 0 amide bonds. The Balaban J connectivity index is 2.38. The lowest BCUT2D eigenvalue weighted by Gasteiger charge is -2.07. The van der Waals surface area contributed by atoms with Gasteiger partial charge in [0.2, 0.25) is 0 Å². The SMILES string of the molecule is Nc1nc2c(-c3c(Cl)cccc3Cl)cccc2[nH]1. The van der Waals surface area contributed by atoms with Crippen LogP contribution < -0.4 is 5.73 Å². The minimum Gasteiger partial charge on any atom is -0.369 e. The maximum absolute atomic E-state index is 6.22. The molecule has 2 aromatic carbocycles. The van der Waals surface area contributed by atoms with Gasteiger partial charge >= 0.3 is 0 Å². The third-order valence-corrected chi connectivity index (χ3v) is 3.39. The first-order valence-corrected chi connectivity index (χ1v) is 6.11. The molecule has 1 heterocycles. The minimum atomic E-state index is 0.376. The number of nitrogens with one attached hydrogen (secondary N) is 1. The predicted octanol–water partition coefficient (Wildman–Crippen LogP) is 4.12. The van der Waals surface area contributed by atoms with Crippen LogP contribution in [0.4, 0.5) is 5.95 Å². The number of nitrogens with two attached hydrogens (primary N) is 1. The Kier molecular flexibility index (Phi) is 2.65. The number of H-pyrrole nitrogens is 1. The van der Waals surface area contributed by atoms with Crippen molar-refractivity contribution < 1.29 is 0 Å². The first kappa shape index (κ1) is 11.4. The van der Waals surface area contributed by atoms with E-state index < -0.39 is 0 Å². The van der Waals surface area contributed by atoms with E-state index >= 15 is 0 Å². The van der Waals surface area contributed by atoms with Gasteiger partial charge in [-0.2, -0.15) is 0 Å². The van der Waals surface area contributed by atoms with Gasteiger partial charge in [0.1, 0.15) is 0 Å². The number of aromatic nitrogens is 2. The second kappa shape index (κ2) is 4.19. The van der Waals surface area contributed by atoms with E-state index in [1.807, 2.05) is 24.3 Å². The van der Waals surface area contributed by atoms with E-state index in [-0.39, 0.29) is 0 Å². The number of hydrogen-bond donors (Lipinski definition) is 2. The van der Waals surface area contributed by atoms with Gasteiger partial charge in [0.25, 0.3) is 0 Å². The number of halogens is 2. The van der Waals surface area contributed by atoms with Gasteiger partial charge in [0, 0.05) is 21.2 Å².